The predicted octanol–water partition coefficient (Wildman–Crippen LogP) is 3.40. The highest BCUT2D eigenvalue weighted by molar-refractivity contribution is 6.34. The third-order valence-electron chi connectivity index (χ3n) is 8.31. The average molecular weight is 605 g/mol. The monoisotopic (exact) mass is 604 g/mol. The fraction of sp³-hybridized carbons (Fsp3) is 0.633. The number of anilines is 1. The van der Waals surface area contributed by atoms with Crippen LogP contribution in [0.2, 0.25) is 5.02 Å². The summed E-state index contributed by atoms with van der Waals surface area (Å²) in [5.74, 6) is -1.21. The van der Waals surface area contributed by atoms with Gasteiger partial charge in [0.05, 0.1) is 23.2 Å². The Morgan fingerprint density at radius 2 is 1.81 bits per heavy atom. The molecule has 0 aromatic heterocycles. The fourth-order valence-corrected chi connectivity index (χ4v) is 6.35. The van der Waals surface area contributed by atoms with Gasteiger partial charge in [-0.3, -0.25) is 24.0 Å². The molecule has 0 radical (unpaired) electrons. The van der Waals surface area contributed by atoms with E-state index >= 15 is 0 Å². The minimum Gasteiger partial charge on any atom is -0.433 e. The van der Waals surface area contributed by atoms with Crippen LogP contribution in [-0.2, 0) is 28.7 Å². The predicted molar refractivity (Wildman–Crippen MR) is 156 cm³/mol. The molecule has 230 valence electrons. The lowest BCUT2D eigenvalue weighted by atomic mass is 9.79. The molecule has 3 N–H and O–H groups in total. The van der Waals surface area contributed by atoms with Crippen LogP contribution >= 0.6 is 11.6 Å². The molecule has 2 unspecified atom stereocenters. The largest absolute Gasteiger partial charge is 0.433 e. The van der Waals surface area contributed by atoms with Crippen molar-refractivity contribution in [3.05, 3.63) is 28.8 Å². The zero-order valence-corrected chi connectivity index (χ0v) is 25.4. The summed E-state index contributed by atoms with van der Waals surface area (Å²) in [6.07, 6.45) is 4.34. The number of likely N-dealkylation sites (tertiary alicyclic amines) is 1. The second kappa shape index (κ2) is 13.9. The Morgan fingerprint density at radius 3 is 2.50 bits per heavy atom. The number of nitrogens with zero attached hydrogens (tertiary/aromatic N) is 1. The van der Waals surface area contributed by atoms with Crippen molar-refractivity contribution in [3.63, 3.8) is 0 Å². The first kappa shape index (κ1) is 31.7. The summed E-state index contributed by atoms with van der Waals surface area (Å²) >= 11 is 6.19. The quantitative estimate of drug-likeness (QED) is 0.367. The molecule has 42 heavy (non-hydrogen) atoms. The molecule has 2 aliphatic heterocycles. The molecule has 11 nitrogen and oxygen atoms in total. The van der Waals surface area contributed by atoms with E-state index in [2.05, 4.69) is 29.8 Å². The summed E-state index contributed by atoms with van der Waals surface area (Å²) in [4.78, 5) is 64.5. The molecule has 1 aromatic rings. The highest BCUT2D eigenvalue weighted by Crippen LogP contribution is 2.34. The number of rotatable bonds is 9. The standard InChI is InChI=1S/C30H41ClN4O7/c1-16(2)20-8-5-6-10-25(20)41-30-23(15-26(37)42-30)34-28(39)24-9-7-13-35(24)29(40)17(3)32-27(38)19-11-12-22(21(31)14-19)33-18(4)36/h11-12,14,16-17,20,23-25,30H,5-10,13,15H2,1-4H3,(H,32,38)(H,33,36)(H,34,39)/t17-,20+,23?,24-,25-,30?/m0/s1. The van der Waals surface area contributed by atoms with E-state index in [9.17, 15) is 24.0 Å². The minimum absolute atomic E-state index is 0.00584. The summed E-state index contributed by atoms with van der Waals surface area (Å²) in [7, 11) is 0. The zero-order valence-electron chi connectivity index (χ0n) is 24.6. The molecule has 1 saturated carbocycles. The van der Waals surface area contributed by atoms with Crippen LogP contribution in [0.1, 0.15) is 83.0 Å². The van der Waals surface area contributed by atoms with Gasteiger partial charge >= 0.3 is 5.97 Å². The Balaban J connectivity index is 1.35. The van der Waals surface area contributed by atoms with Crippen molar-refractivity contribution in [1.82, 2.24) is 15.5 Å². The van der Waals surface area contributed by atoms with Crippen LogP contribution < -0.4 is 16.0 Å². The van der Waals surface area contributed by atoms with Gasteiger partial charge in [0.15, 0.2) is 0 Å². The van der Waals surface area contributed by atoms with E-state index in [1.807, 2.05) is 0 Å². The van der Waals surface area contributed by atoms with Crippen LogP contribution in [0.4, 0.5) is 5.69 Å². The number of nitrogens with one attached hydrogen (secondary N) is 3. The van der Waals surface area contributed by atoms with Crippen LogP contribution in [0.3, 0.4) is 0 Å². The Kier molecular flexibility index (Phi) is 10.5. The van der Waals surface area contributed by atoms with E-state index in [-0.39, 0.29) is 34.9 Å². The Labute approximate surface area is 251 Å². The summed E-state index contributed by atoms with van der Waals surface area (Å²) in [6, 6.07) is 2.13. The van der Waals surface area contributed by atoms with Crippen molar-refractivity contribution in [2.45, 2.75) is 103 Å². The maximum Gasteiger partial charge on any atom is 0.310 e. The normalized spacial score (nSPS) is 26.5. The van der Waals surface area contributed by atoms with Crippen molar-refractivity contribution >= 4 is 46.9 Å². The van der Waals surface area contributed by atoms with E-state index in [0.717, 1.165) is 25.7 Å². The topological polar surface area (TPSA) is 143 Å². The fourth-order valence-electron chi connectivity index (χ4n) is 6.13. The van der Waals surface area contributed by atoms with Gasteiger partial charge in [-0.05, 0) is 62.6 Å². The zero-order chi connectivity index (χ0) is 30.6. The molecule has 3 fully saturated rings. The summed E-state index contributed by atoms with van der Waals surface area (Å²) in [6.45, 7) is 7.61. The maximum atomic E-state index is 13.4. The maximum absolute atomic E-state index is 13.4. The lowest BCUT2D eigenvalue weighted by Gasteiger charge is -2.36. The molecule has 4 rings (SSSR count). The number of amides is 4. The van der Waals surface area contributed by atoms with Crippen LogP contribution in [-0.4, -0.2) is 71.6 Å². The first-order chi connectivity index (χ1) is 19.9. The van der Waals surface area contributed by atoms with Crippen molar-refractivity contribution in [2.24, 2.45) is 11.8 Å². The summed E-state index contributed by atoms with van der Waals surface area (Å²) in [5.41, 5.74) is 0.593. The van der Waals surface area contributed by atoms with E-state index < -0.39 is 42.2 Å². The van der Waals surface area contributed by atoms with Gasteiger partial charge in [-0.25, -0.2) is 0 Å². The van der Waals surface area contributed by atoms with Gasteiger partial charge in [-0.15, -0.1) is 0 Å². The van der Waals surface area contributed by atoms with E-state index in [1.54, 1.807) is 6.92 Å². The highest BCUT2D eigenvalue weighted by atomic mass is 35.5. The molecule has 2 saturated heterocycles. The highest BCUT2D eigenvalue weighted by Gasteiger charge is 2.43. The SMILES string of the molecule is CC(=O)Nc1ccc(C(=O)N[C@@H](C)C(=O)N2CCC[C@H]2C(=O)NC2CC(=O)OC2O[C@H]2CCCC[C@@H]2C(C)C)cc1Cl. The van der Waals surface area contributed by atoms with Gasteiger partial charge < -0.3 is 30.3 Å². The summed E-state index contributed by atoms with van der Waals surface area (Å²) in [5, 5.41) is 8.35. The molecule has 3 aliphatic rings. The first-order valence-electron chi connectivity index (χ1n) is 14.8. The molecule has 4 amide bonds. The number of hydrogen-bond donors (Lipinski definition) is 3. The third kappa shape index (κ3) is 7.60. The molecule has 1 aromatic carbocycles. The van der Waals surface area contributed by atoms with Gasteiger partial charge in [0.2, 0.25) is 24.0 Å². The third-order valence-corrected chi connectivity index (χ3v) is 8.62. The second-order valence-corrected chi connectivity index (χ2v) is 12.2. The van der Waals surface area contributed by atoms with Crippen molar-refractivity contribution in [2.75, 3.05) is 11.9 Å². The number of benzene rings is 1. The number of hydrogen-bond acceptors (Lipinski definition) is 7. The van der Waals surface area contributed by atoms with Gasteiger partial charge in [0.25, 0.3) is 5.91 Å². The lowest BCUT2D eigenvalue weighted by Crippen LogP contribution is -2.55. The first-order valence-corrected chi connectivity index (χ1v) is 15.2. The van der Waals surface area contributed by atoms with Crippen LogP contribution in [0.15, 0.2) is 18.2 Å². The number of esters is 1. The average Bonchev–Trinajstić information content (AvgIpc) is 3.55. The number of ether oxygens (including phenoxy) is 2. The van der Waals surface area contributed by atoms with E-state index in [4.69, 9.17) is 21.1 Å². The number of carbonyl (C=O) groups excluding carboxylic acids is 5. The number of carbonyl (C=O) groups is 5. The lowest BCUT2D eigenvalue weighted by molar-refractivity contribution is -0.189. The molecule has 1 aliphatic carbocycles. The van der Waals surface area contributed by atoms with Gasteiger partial charge in [0, 0.05) is 19.0 Å². The number of cyclic esters (lactones) is 1. The Hall–Kier alpha value is -3.18. The Bertz CT molecular complexity index is 1210. The van der Waals surface area contributed by atoms with E-state index in [0.29, 0.717) is 36.9 Å². The van der Waals surface area contributed by atoms with Gasteiger partial charge in [0.1, 0.15) is 18.1 Å². The minimum atomic E-state index is -0.911. The van der Waals surface area contributed by atoms with Crippen LogP contribution in [0.5, 0.6) is 0 Å². The molecule has 0 bridgehead atoms. The molecule has 0 spiro atoms. The van der Waals surface area contributed by atoms with Gasteiger partial charge in [-0.1, -0.05) is 38.3 Å². The van der Waals surface area contributed by atoms with Gasteiger partial charge in [-0.2, -0.15) is 0 Å². The van der Waals surface area contributed by atoms with Crippen molar-refractivity contribution in [3.8, 4) is 0 Å². The Morgan fingerprint density at radius 1 is 1.07 bits per heavy atom. The van der Waals surface area contributed by atoms with Crippen molar-refractivity contribution < 1.29 is 33.4 Å². The van der Waals surface area contributed by atoms with E-state index in [1.165, 1.54) is 30.0 Å². The number of halogens is 1. The van der Waals surface area contributed by atoms with Crippen LogP contribution in [0.25, 0.3) is 0 Å². The van der Waals surface area contributed by atoms with Crippen LogP contribution in [0, 0.1) is 11.8 Å². The second-order valence-electron chi connectivity index (χ2n) is 11.8. The summed E-state index contributed by atoms with van der Waals surface area (Å²) < 4.78 is 11.8. The van der Waals surface area contributed by atoms with Crippen molar-refractivity contribution in [1.29, 1.82) is 0 Å². The molecule has 12 heteroatoms. The molecule has 6 atom stereocenters. The molecular weight excluding hydrogens is 564 g/mol. The molecule has 2 heterocycles. The molecular formula is C30H41ClN4O7. The smallest absolute Gasteiger partial charge is 0.310 e.